The van der Waals surface area contributed by atoms with Crippen molar-refractivity contribution in [2.24, 2.45) is 5.92 Å². The van der Waals surface area contributed by atoms with Crippen LogP contribution in [-0.4, -0.2) is 67.8 Å². The summed E-state index contributed by atoms with van der Waals surface area (Å²) in [5.74, 6) is -2.21. The van der Waals surface area contributed by atoms with Crippen molar-refractivity contribution >= 4 is 66.9 Å². The third kappa shape index (κ3) is 14.0. The zero-order valence-corrected chi connectivity index (χ0v) is 31.9. The summed E-state index contributed by atoms with van der Waals surface area (Å²) in [4.78, 5) is 51.1. The Balaban J connectivity index is 1.60. The van der Waals surface area contributed by atoms with Gasteiger partial charge in [-0.1, -0.05) is 129 Å². The topological polar surface area (TPSA) is 117 Å². The Bertz CT molecular complexity index is 1430. The van der Waals surface area contributed by atoms with Crippen LogP contribution < -0.4 is 5.32 Å². The Kier molecular flexibility index (Phi) is 15.5. The molecule has 1 N–H and O–H groups in total. The molecule has 1 aliphatic rings. The highest BCUT2D eigenvalue weighted by Crippen LogP contribution is 2.44. The minimum Gasteiger partial charge on any atom is -0.466 e. The van der Waals surface area contributed by atoms with Crippen molar-refractivity contribution in [3.05, 3.63) is 71.8 Å². The van der Waals surface area contributed by atoms with E-state index in [2.05, 4.69) is 37.1 Å². The van der Waals surface area contributed by atoms with Crippen molar-refractivity contribution in [2.75, 3.05) is 19.8 Å². The minimum atomic E-state index is -1.69. The Morgan fingerprint density at radius 1 is 0.878 bits per heavy atom. The lowest BCUT2D eigenvalue weighted by molar-refractivity contribution is -0.157. The number of rotatable bonds is 17. The average Bonchev–Trinajstić information content (AvgIpc) is 3.33. The van der Waals surface area contributed by atoms with Gasteiger partial charge < -0.3 is 24.3 Å². The van der Waals surface area contributed by atoms with Crippen LogP contribution in [-0.2, 0) is 33.3 Å². The van der Waals surface area contributed by atoms with Crippen LogP contribution in [0.25, 0.3) is 11.1 Å². The van der Waals surface area contributed by atoms with Crippen LogP contribution in [0.15, 0.2) is 60.7 Å². The number of halogens is 3. The molecule has 268 valence electrons. The van der Waals surface area contributed by atoms with Crippen molar-refractivity contribution in [3.63, 3.8) is 0 Å². The number of hydrogen-bond acceptors (Lipinski definition) is 8. The van der Waals surface area contributed by atoms with Crippen molar-refractivity contribution in [1.82, 2.24) is 5.32 Å². The maximum absolute atomic E-state index is 13.4. The van der Waals surface area contributed by atoms with Crippen molar-refractivity contribution in [3.8, 4) is 11.1 Å². The van der Waals surface area contributed by atoms with Crippen molar-refractivity contribution < 1.29 is 38.1 Å². The van der Waals surface area contributed by atoms with E-state index < -0.39 is 48.0 Å². The molecule has 0 saturated carbocycles. The molecular weight excluding hydrogens is 709 g/mol. The average molecular weight is 755 g/mol. The number of allylic oxidation sites excluding steroid dienone is 1. The molecule has 1 aliphatic carbocycles. The SMILES string of the molecule is CC(C)[C@H](NC(=O)OCC1c2ccccc2-c2ccccc21)C(=O)OC(C/C=C\CCC(=O)OCC(Cl)(Cl)Cl)CC(=O)OCC[Si](C)(C)C. The second kappa shape index (κ2) is 18.8. The van der Waals surface area contributed by atoms with Gasteiger partial charge in [0, 0.05) is 26.8 Å². The van der Waals surface area contributed by atoms with Gasteiger partial charge in [0.15, 0.2) is 0 Å². The molecule has 9 nitrogen and oxygen atoms in total. The minimum absolute atomic E-state index is 0.0416. The Morgan fingerprint density at radius 2 is 1.49 bits per heavy atom. The zero-order valence-electron chi connectivity index (χ0n) is 28.6. The summed E-state index contributed by atoms with van der Waals surface area (Å²) < 4.78 is 20.1. The molecular formula is C36H46Cl3NO8Si. The van der Waals surface area contributed by atoms with E-state index in [0.717, 1.165) is 28.3 Å². The molecule has 1 unspecified atom stereocenters. The van der Waals surface area contributed by atoms with Crippen LogP contribution in [0.2, 0.25) is 25.7 Å². The number of alkyl halides is 3. The number of hydrogen-bond donors (Lipinski definition) is 1. The number of esters is 3. The number of ether oxygens (including phenoxy) is 4. The second-order valence-corrected chi connectivity index (χ2v) is 21.6. The summed E-state index contributed by atoms with van der Waals surface area (Å²) in [5, 5.41) is 2.66. The fourth-order valence-corrected chi connectivity index (χ4v) is 6.07. The normalized spacial score (nSPS) is 14.1. The van der Waals surface area contributed by atoms with Gasteiger partial charge in [0.25, 0.3) is 0 Å². The van der Waals surface area contributed by atoms with Gasteiger partial charge in [0.2, 0.25) is 3.79 Å². The highest BCUT2D eigenvalue weighted by atomic mass is 35.6. The molecule has 1 amide bonds. The first kappa shape index (κ1) is 40.4. The Labute approximate surface area is 304 Å². The van der Waals surface area contributed by atoms with Gasteiger partial charge in [-0.2, -0.15) is 0 Å². The van der Waals surface area contributed by atoms with Gasteiger partial charge in [-0.3, -0.25) is 9.59 Å². The molecule has 0 bridgehead atoms. The van der Waals surface area contributed by atoms with Gasteiger partial charge in [-0.15, -0.1) is 0 Å². The number of carbonyl (C=O) groups excluding carboxylic acids is 4. The largest absolute Gasteiger partial charge is 0.466 e. The Hall–Kier alpha value is -3.05. The first-order valence-electron chi connectivity index (χ1n) is 16.4. The van der Waals surface area contributed by atoms with E-state index in [1.54, 1.807) is 26.0 Å². The van der Waals surface area contributed by atoms with Crippen molar-refractivity contribution in [2.45, 2.75) is 87.1 Å². The van der Waals surface area contributed by atoms with E-state index in [9.17, 15) is 19.2 Å². The Morgan fingerprint density at radius 3 is 2.06 bits per heavy atom. The van der Waals surface area contributed by atoms with Crippen molar-refractivity contribution in [1.29, 1.82) is 0 Å². The molecule has 49 heavy (non-hydrogen) atoms. The summed E-state index contributed by atoms with van der Waals surface area (Å²) in [6, 6.07) is 15.8. The van der Waals surface area contributed by atoms with E-state index in [1.165, 1.54) is 0 Å². The number of carbonyl (C=O) groups is 4. The third-order valence-electron chi connectivity index (χ3n) is 7.81. The molecule has 0 heterocycles. The highest BCUT2D eigenvalue weighted by molar-refractivity contribution is 6.76. The lowest BCUT2D eigenvalue weighted by atomic mass is 9.98. The molecule has 2 aromatic rings. The number of nitrogens with one attached hydrogen (secondary N) is 1. The quantitative estimate of drug-likeness (QED) is 0.0563. The first-order chi connectivity index (χ1) is 23.0. The predicted molar refractivity (Wildman–Crippen MR) is 195 cm³/mol. The predicted octanol–water partition coefficient (Wildman–Crippen LogP) is 8.37. The van der Waals surface area contributed by atoms with Crippen LogP contribution in [0.5, 0.6) is 0 Å². The van der Waals surface area contributed by atoms with E-state index in [1.807, 2.05) is 36.4 Å². The third-order valence-corrected chi connectivity index (χ3v) is 9.84. The summed E-state index contributed by atoms with van der Waals surface area (Å²) in [7, 11) is -1.43. The molecule has 3 rings (SSSR count). The fourth-order valence-electron chi connectivity index (χ4n) is 5.19. The number of amides is 1. The molecule has 0 aromatic heterocycles. The number of benzene rings is 2. The summed E-state index contributed by atoms with van der Waals surface area (Å²) in [6.07, 6.45) is 2.15. The smallest absolute Gasteiger partial charge is 0.407 e. The second-order valence-electron chi connectivity index (χ2n) is 13.5. The van der Waals surface area contributed by atoms with Crippen LogP contribution in [0, 0.1) is 5.92 Å². The van der Waals surface area contributed by atoms with Crippen LogP contribution in [0.3, 0.4) is 0 Å². The molecule has 2 aromatic carbocycles. The maximum Gasteiger partial charge on any atom is 0.407 e. The summed E-state index contributed by atoms with van der Waals surface area (Å²) in [6.45, 7) is 10.1. The van der Waals surface area contributed by atoms with E-state index in [0.29, 0.717) is 13.0 Å². The van der Waals surface area contributed by atoms with E-state index >= 15 is 0 Å². The van der Waals surface area contributed by atoms with Crippen LogP contribution in [0.1, 0.15) is 56.6 Å². The molecule has 0 radical (unpaired) electrons. The number of alkyl carbamates (subject to hydrolysis) is 1. The number of fused-ring (bicyclic) bond motifs is 3. The van der Waals surface area contributed by atoms with E-state index in [4.69, 9.17) is 53.8 Å². The standard InChI is InChI=1S/C36H46Cl3NO8Si/c1-24(2)33(40-35(44)46-22-30-28-16-11-9-14-26(28)27-15-10-12-17-29(27)30)34(43)48-25(21-32(42)45-19-20-49(3,4)5)13-7-6-8-18-31(41)47-23-36(37,38)39/h6-7,9-12,14-17,24-25,30,33H,8,13,18-23H2,1-5H3,(H,40,44)/b7-6-/t25?,33-/m0/s1. The molecule has 0 fully saturated rings. The van der Waals surface area contributed by atoms with Gasteiger partial charge in [0.05, 0.1) is 13.0 Å². The van der Waals surface area contributed by atoms with Crippen LogP contribution >= 0.6 is 34.8 Å². The van der Waals surface area contributed by atoms with E-state index in [-0.39, 0.29) is 44.3 Å². The first-order valence-corrected chi connectivity index (χ1v) is 21.2. The molecule has 0 aliphatic heterocycles. The highest BCUT2D eigenvalue weighted by Gasteiger charge is 2.32. The van der Waals surface area contributed by atoms with Gasteiger partial charge >= 0.3 is 24.0 Å². The maximum atomic E-state index is 13.4. The fraction of sp³-hybridized carbons (Fsp3) is 0.500. The molecule has 0 spiro atoms. The van der Waals surface area contributed by atoms with Gasteiger partial charge in [0.1, 0.15) is 25.4 Å². The summed E-state index contributed by atoms with van der Waals surface area (Å²) >= 11 is 16.8. The molecule has 13 heteroatoms. The summed E-state index contributed by atoms with van der Waals surface area (Å²) in [5.41, 5.74) is 4.36. The van der Waals surface area contributed by atoms with Crippen LogP contribution in [0.4, 0.5) is 4.79 Å². The monoisotopic (exact) mass is 753 g/mol. The molecule has 0 saturated heterocycles. The zero-order chi connectivity index (χ0) is 36.2. The lowest BCUT2D eigenvalue weighted by Gasteiger charge is -2.24. The lowest BCUT2D eigenvalue weighted by Crippen LogP contribution is -2.46. The van der Waals surface area contributed by atoms with Gasteiger partial charge in [-0.05, 0) is 40.6 Å². The molecule has 2 atom stereocenters. The van der Waals surface area contributed by atoms with Gasteiger partial charge in [-0.25, -0.2) is 9.59 Å².